The molecule has 0 radical (unpaired) electrons. The Morgan fingerprint density at radius 2 is 2.00 bits per heavy atom. The fourth-order valence-electron chi connectivity index (χ4n) is 1.84. The zero-order chi connectivity index (χ0) is 13.1. The minimum atomic E-state index is -0.0754. The summed E-state index contributed by atoms with van der Waals surface area (Å²) in [5.74, 6) is 0.888. The van der Waals surface area contributed by atoms with E-state index >= 15 is 0 Å². The van der Waals surface area contributed by atoms with Crippen LogP contribution >= 0.6 is 0 Å². The van der Waals surface area contributed by atoms with E-state index in [1.807, 2.05) is 13.8 Å². The molecule has 0 bridgehead atoms. The van der Waals surface area contributed by atoms with Crippen molar-refractivity contribution in [1.29, 1.82) is 0 Å². The Balaban J connectivity index is 2.38. The first-order chi connectivity index (χ1) is 7.81. The summed E-state index contributed by atoms with van der Waals surface area (Å²) in [7, 11) is 0. The van der Waals surface area contributed by atoms with Crippen molar-refractivity contribution in [3.63, 3.8) is 0 Å². The van der Waals surface area contributed by atoms with Crippen LogP contribution in [0.5, 0.6) is 0 Å². The number of nitrogens with one attached hydrogen (secondary N) is 1. The fraction of sp³-hybridized carbons (Fsp3) is 0.769. The summed E-state index contributed by atoms with van der Waals surface area (Å²) in [5, 5.41) is 7.37. The van der Waals surface area contributed by atoms with Gasteiger partial charge in [0.05, 0.1) is 17.9 Å². The summed E-state index contributed by atoms with van der Waals surface area (Å²) in [6, 6.07) is 0.241. The number of aryl methyl sites for hydroxylation is 2. The molecule has 0 aliphatic heterocycles. The topological polar surface area (TPSA) is 47.3 Å². The quantitative estimate of drug-likeness (QED) is 0.804. The second kappa shape index (κ2) is 5.65. The van der Waals surface area contributed by atoms with Crippen LogP contribution in [0.25, 0.3) is 0 Å². The first kappa shape index (κ1) is 14.2. The van der Waals surface area contributed by atoms with Crippen molar-refractivity contribution in [2.75, 3.05) is 13.2 Å². The van der Waals surface area contributed by atoms with Crippen LogP contribution in [0, 0.1) is 13.8 Å². The monoisotopic (exact) mass is 240 g/mol. The molecule has 0 saturated heterocycles. The van der Waals surface area contributed by atoms with Gasteiger partial charge in [-0.15, -0.1) is 0 Å². The maximum Gasteiger partial charge on any atom is 0.138 e. The molecule has 1 aromatic heterocycles. The Hall–Kier alpha value is -0.870. The molecule has 17 heavy (non-hydrogen) atoms. The Kier molecular flexibility index (Phi) is 4.71. The van der Waals surface area contributed by atoms with Crippen molar-refractivity contribution in [2.24, 2.45) is 0 Å². The van der Waals surface area contributed by atoms with Gasteiger partial charge in [0.1, 0.15) is 5.76 Å². The van der Waals surface area contributed by atoms with Gasteiger partial charge >= 0.3 is 0 Å². The van der Waals surface area contributed by atoms with Crippen molar-refractivity contribution in [2.45, 2.75) is 53.2 Å². The average molecular weight is 240 g/mol. The fourth-order valence-corrected chi connectivity index (χ4v) is 1.84. The SMILES string of the molecule is Cc1noc(C)c1C(C)NCCOC(C)(C)C. The van der Waals surface area contributed by atoms with E-state index in [9.17, 15) is 0 Å². The van der Waals surface area contributed by atoms with Crippen LogP contribution in [0.3, 0.4) is 0 Å². The maximum absolute atomic E-state index is 5.66. The third-order valence-corrected chi connectivity index (χ3v) is 2.61. The van der Waals surface area contributed by atoms with E-state index in [-0.39, 0.29) is 11.6 Å². The van der Waals surface area contributed by atoms with Crippen molar-refractivity contribution >= 4 is 0 Å². The molecule has 98 valence electrons. The zero-order valence-electron chi connectivity index (χ0n) is 11.8. The molecule has 1 atom stereocenters. The Bertz CT molecular complexity index is 333. The lowest BCUT2D eigenvalue weighted by Crippen LogP contribution is -2.28. The third-order valence-electron chi connectivity index (χ3n) is 2.61. The highest BCUT2D eigenvalue weighted by Gasteiger charge is 2.16. The number of rotatable bonds is 5. The maximum atomic E-state index is 5.66. The summed E-state index contributed by atoms with van der Waals surface area (Å²) in [6.07, 6.45) is 0. The summed E-state index contributed by atoms with van der Waals surface area (Å²) in [4.78, 5) is 0. The van der Waals surface area contributed by atoms with Gasteiger partial charge in [-0.05, 0) is 41.5 Å². The molecule has 1 N–H and O–H groups in total. The van der Waals surface area contributed by atoms with E-state index in [0.717, 1.165) is 23.6 Å². The number of nitrogens with zero attached hydrogens (tertiary/aromatic N) is 1. The lowest BCUT2D eigenvalue weighted by molar-refractivity contribution is -0.00151. The van der Waals surface area contributed by atoms with Crippen LogP contribution in [0.15, 0.2) is 4.52 Å². The van der Waals surface area contributed by atoms with Crippen LogP contribution in [0.1, 0.15) is 50.8 Å². The highest BCUT2D eigenvalue weighted by molar-refractivity contribution is 5.24. The summed E-state index contributed by atoms with van der Waals surface area (Å²) >= 11 is 0. The first-order valence-electron chi connectivity index (χ1n) is 6.11. The Morgan fingerprint density at radius 1 is 1.35 bits per heavy atom. The highest BCUT2D eigenvalue weighted by Crippen LogP contribution is 2.20. The van der Waals surface area contributed by atoms with E-state index in [4.69, 9.17) is 9.26 Å². The molecule has 0 saturated carbocycles. The molecular weight excluding hydrogens is 216 g/mol. The predicted molar refractivity (Wildman–Crippen MR) is 68.1 cm³/mol. The normalized spacial score (nSPS) is 14.0. The molecule has 0 spiro atoms. The van der Waals surface area contributed by atoms with Crippen molar-refractivity contribution in [3.8, 4) is 0 Å². The zero-order valence-corrected chi connectivity index (χ0v) is 11.8. The lowest BCUT2D eigenvalue weighted by atomic mass is 10.1. The van der Waals surface area contributed by atoms with Gasteiger partial charge in [-0.2, -0.15) is 0 Å². The molecule has 0 aliphatic rings. The van der Waals surface area contributed by atoms with Crippen LogP contribution in [-0.4, -0.2) is 23.9 Å². The van der Waals surface area contributed by atoms with E-state index in [1.54, 1.807) is 0 Å². The van der Waals surface area contributed by atoms with Gasteiger partial charge in [-0.25, -0.2) is 0 Å². The number of aromatic nitrogens is 1. The van der Waals surface area contributed by atoms with Crippen LogP contribution in [-0.2, 0) is 4.74 Å². The van der Waals surface area contributed by atoms with Gasteiger partial charge in [0, 0.05) is 18.2 Å². The third kappa shape index (κ3) is 4.48. The number of ether oxygens (including phenoxy) is 1. The molecule has 0 fully saturated rings. The summed E-state index contributed by atoms with van der Waals surface area (Å²) < 4.78 is 10.8. The lowest BCUT2D eigenvalue weighted by Gasteiger charge is -2.21. The van der Waals surface area contributed by atoms with Crippen molar-refractivity contribution in [3.05, 3.63) is 17.0 Å². The Labute approximate surface area is 104 Å². The van der Waals surface area contributed by atoms with Gasteiger partial charge in [0.15, 0.2) is 0 Å². The smallest absolute Gasteiger partial charge is 0.138 e. The number of hydrogen-bond donors (Lipinski definition) is 1. The molecule has 0 amide bonds. The predicted octanol–water partition coefficient (Wildman–Crippen LogP) is 2.76. The molecule has 0 aliphatic carbocycles. The second-order valence-electron chi connectivity index (χ2n) is 5.37. The van der Waals surface area contributed by atoms with Gasteiger partial charge in [-0.3, -0.25) is 0 Å². The minimum Gasteiger partial charge on any atom is -0.375 e. The van der Waals surface area contributed by atoms with Crippen LogP contribution in [0.2, 0.25) is 0 Å². The van der Waals surface area contributed by atoms with Crippen LogP contribution < -0.4 is 5.32 Å². The van der Waals surface area contributed by atoms with Gasteiger partial charge in [-0.1, -0.05) is 5.16 Å². The van der Waals surface area contributed by atoms with E-state index in [0.29, 0.717) is 6.61 Å². The summed E-state index contributed by atoms with van der Waals surface area (Å²) in [6.45, 7) is 13.7. The standard InChI is InChI=1S/C13H24N2O2/c1-9(12-10(2)15-17-11(12)3)14-7-8-16-13(4,5)6/h9,14H,7-8H2,1-6H3. The van der Waals surface area contributed by atoms with E-state index < -0.39 is 0 Å². The van der Waals surface area contributed by atoms with E-state index in [1.165, 1.54) is 0 Å². The molecule has 1 unspecified atom stereocenters. The van der Waals surface area contributed by atoms with Crippen molar-refractivity contribution in [1.82, 2.24) is 10.5 Å². The molecule has 0 aromatic carbocycles. The van der Waals surface area contributed by atoms with E-state index in [2.05, 4.69) is 38.2 Å². The number of hydrogen-bond acceptors (Lipinski definition) is 4. The molecular formula is C13H24N2O2. The second-order valence-corrected chi connectivity index (χ2v) is 5.37. The highest BCUT2D eigenvalue weighted by atomic mass is 16.5. The first-order valence-corrected chi connectivity index (χ1v) is 6.11. The largest absolute Gasteiger partial charge is 0.375 e. The molecule has 4 heteroatoms. The molecule has 1 aromatic rings. The van der Waals surface area contributed by atoms with Gasteiger partial charge in [0.2, 0.25) is 0 Å². The molecule has 1 heterocycles. The van der Waals surface area contributed by atoms with Crippen LogP contribution in [0.4, 0.5) is 0 Å². The molecule has 4 nitrogen and oxygen atoms in total. The van der Waals surface area contributed by atoms with Crippen molar-refractivity contribution < 1.29 is 9.26 Å². The minimum absolute atomic E-state index is 0.0754. The molecule has 1 rings (SSSR count). The Morgan fingerprint density at radius 3 is 2.47 bits per heavy atom. The average Bonchev–Trinajstić information content (AvgIpc) is 2.52. The van der Waals surface area contributed by atoms with Gasteiger partial charge in [0.25, 0.3) is 0 Å². The summed E-state index contributed by atoms with van der Waals surface area (Å²) in [5.41, 5.74) is 2.04. The van der Waals surface area contributed by atoms with Gasteiger partial charge < -0.3 is 14.6 Å².